The summed E-state index contributed by atoms with van der Waals surface area (Å²) in [5.74, 6) is 0.720. The van der Waals surface area contributed by atoms with Crippen LogP contribution in [-0.2, 0) is 17.7 Å². The number of aromatic nitrogens is 2. The molecule has 226 valence electrons. The molecule has 7 nitrogen and oxygen atoms in total. The standard InChI is InChI=1S/C36H44N4O3/c1-5-6-16-33-39-31-23-28(38-35(42)37-27-12-8-7-9-13-27)21-22-32(31)40(33)24-25-17-19-26(20-18-25)29-14-10-11-15-30(29)34(41)43-36(2,3)4/h10-11,14-15,17-23,27H,5-9,12-13,16,24H2,1-4H3,(H2,37,38,42). The number of carbonyl (C=O) groups is 2. The van der Waals surface area contributed by atoms with Gasteiger partial charge in [-0.1, -0.05) is 75.1 Å². The highest BCUT2D eigenvalue weighted by Gasteiger charge is 2.21. The Hall–Kier alpha value is -4.13. The number of amides is 2. The van der Waals surface area contributed by atoms with E-state index < -0.39 is 5.60 Å². The SMILES string of the molecule is CCCCc1nc2cc(NC(=O)NC3CCCCC3)ccc2n1Cc1ccc(-c2ccccc2C(=O)OC(C)(C)C)cc1. The van der Waals surface area contributed by atoms with Crippen LogP contribution in [0.5, 0.6) is 0 Å². The van der Waals surface area contributed by atoms with Crippen LogP contribution in [0.4, 0.5) is 10.5 Å². The van der Waals surface area contributed by atoms with Crippen molar-refractivity contribution in [3.05, 3.63) is 83.7 Å². The molecule has 1 aliphatic carbocycles. The van der Waals surface area contributed by atoms with Gasteiger partial charge in [-0.3, -0.25) is 0 Å². The maximum atomic E-state index is 12.9. The van der Waals surface area contributed by atoms with Crippen molar-refractivity contribution < 1.29 is 14.3 Å². The van der Waals surface area contributed by atoms with E-state index in [2.05, 4.69) is 52.5 Å². The van der Waals surface area contributed by atoms with E-state index in [1.807, 2.05) is 57.2 Å². The minimum Gasteiger partial charge on any atom is -0.456 e. The first-order chi connectivity index (χ1) is 20.7. The van der Waals surface area contributed by atoms with Gasteiger partial charge in [0.2, 0.25) is 0 Å². The molecule has 1 aliphatic rings. The average molecular weight is 581 g/mol. The molecule has 0 saturated heterocycles. The van der Waals surface area contributed by atoms with Crippen LogP contribution in [0.1, 0.15) is 94.4 Å². The van der Waals surface area contributed by atoms with Crippen LogP contribution in [0.3, 0.4) is 0 Å². The Morgan fingerprint density at radius 3 is 2.44 bits per heavy atom. The summed E-state index contributed by atoms with van der Waals surface area (Å²) in [4.78, 5) is 30.5. The number of ether oxygens (including phenoxy) is 1. The topological polar surface area (TPSA) is 85.3 Å². The molecule has 1 saturated carbocycles. The average Bonchev–Trinajstić information content (AvgIpc) is 3.32. The number of fused-ring (bicyclic) bond motifs is 1. The predicted molar refractivity (Wildman–Crippen MR) is 174 cm³/mol. The summed E-state index contributed by atoms with van der Waals surface area (Å²) < 4.78 is 7.93. The number of hydrogen-bond donors (Lipinski definition) is 2. The number of carbonyl (C=O) groups excluding carboxylic acids is 2. The first kappa shape index (κ1) is 30.3. The predicted octanol–water partition coefficient (Wildman–Crippen LogP) is 8.50. The van der Waals surface area contributed by atoms with Gasteiger partial charge >= 0.3 is 12.0 Å². The number of urea groups is 1. The molecule has 0 aliphatic heterocycles. The van der Waals surface area contributed by atoms with Gasteiger partial charge in [-0.05, 0) is 81.0 Å². The van der Waals surface area contributed by atoms with Gasteiger partial charge in [0.25, 0.3) is 0 Å². The third-order valence-corrected chi connectivity index (χ3v) is 7.93. The summed E-state index contributed by atoms with van der Waals surface area (Å²) in [5, 5.41) is 6.14. The van der Waals surface area contributed by atoms with Gasteiger partial charge in [0.15, 0.2) is 0 Å². The van der Waals surface area contributed by atoms with E-state index in [-0.39, 0.29) is 18.0 Å². The molecule has 1 aromatic heterocycles. The summed E-state index contributed by atoms with van der Waals surface area (Å²) in [7, 11) is 0. The van der Waals surface area contributed by atoms with Gasteiger partial charge in [0, 0.05) is 24.7 Å². The number of rotatable bonds is 9. The second kappa shape index (κ2) is 13.4. The van der Waals surface area contributed by atoms with Crippen molar-refractivity contribution in [2.24, 2.45) is 0 Å². The molecule has 0 atom stereocenters. The van der Waals surface area contributed by atoms with Gasteiger partial charge in [-0.15, -0.1) is 0 Å². The molecule has 3 aromatic carbocycles. The summed E-state index contributed by atoms with van der Waals surface area (Å²) in [5.41, 5.74) is 5.64. The molecule has 0 bridgehead atoms. The Bertz CT molecular complexity index is 1560. The zero-order valence-corrected chi connectivity index (χ0v) is 25.9. The molecule has 43 heavy (non-hydrogen) atoms. The van der Waals surface area contributed by atoms with Gasteiger partial charge in [0.05, 0.1) is 16.6 Å². The molecule has 7 heteroatoms. The lowest BCUT2D eigenvalue weighted by Crippen LogP contribution is -2.38. The molecule has 0 radical (unpaired) electrons. The fourth-order valence-corrected chi connectivity index (χ4v) is 5.78. The maximum absolute atomic E-state index is 12.9. The molecular formula is C36H44N4O3. The van der Waals surface area contributed by atoms with Crippen molar-refractivity contribution in [2.45, 2.75) is 97.2 Å². The molecule has 2 N–H and O–H groups in total. The number of hydrogen-bond acceptors (Lipinski definition) is 4. The Balaban J connectivity index is 1.35. The van der Waals surface area contributed by atoms with Gasteiger partial charge in [-0.25, -0.2) is 14.6 Å². The van der Waals surface area contributed by atoms with E-state index >= 15 is 0 Å². The third-order valence-electron chi connectivity index (χ3n) is 7.93. The second-order valence-corrected chi connectivity index (χ2v) is 12.6. The lowest BCUT2D eigenvalue weighted by atomic mass is 9.96. The van der Waals surface area contributed by atoms with Crippen LogP contribution in [0.2, 0.25) is 0 Å². The second-order valence-electron chi connectivity index (χ2n) is 12.6. The van der Waals surface area contributed by atoms with Crippen LogP contribution in [0.25, 0.3) is 22.2 Å². The van der Waals surface area contributed by atoms with Crippen LogP contribution in [0.15, 0.2) is 66.7 Å². The summed E-state index contributed by atoms with van der Waals surface area (Å²) in [6, 6.07) is 22.0. The van der Waals surface area contributed by atoms with Crippen molar-refractivity contribution in [1.29, 1.82) is 0 Å². The Labute approximate surface area is 255 Å². The van der Waals surface area contributed by atoms with Crippen molar-refractivity contribution in [1.82, 2.24) is 14.9 Å². The Kier molecular flexibility index (Phi) is 9.49. The lowest BCUT2D eigenvalue weighted by molar-refractivity contribution is 0.00704. The van der Waals surface area contributed by atoms with Crippen molar-refractivity contribution >= 4 is 28.7 Å². The fraction of sp³-hybridized carbons (Fsp3) is 0.417. The summed E-state index contributed by atoms with van der Waals surface area (Å²) in [6.45, 7) is 8.50. The zero-order chi connectivity index (χ0) is 30.4. The highest BCUT2D eigenvalue weighted by molar-refractivity contribution is 5.97. The van der Waals surface area contributed by atoms with Crippen molar-refractivity contribution in [2.75, 3.05) is 5.32 Å². The minimum absolute atomic E-state index is 0.148. The molecule has 1 fully saturated rings. The van der Waals surface area contributed by atoms with E-state index in [9.17, 15) is 9.59 Å². The molecule has 5 rings (SSSR count). The van der Waals surface area contributed by atoms with Gasteiger partial charge < -0.3 is 19.9 Å². The molecule has 0 spiro atoms. The summed E-state index contributed by atoms with van der Waals surface area (Å²) >= 11 is 0. The smallest absolute Gasteiger partial charge is 0.339 e. The lowest BCUT2D eigenvalue weighted by Gasteiger charge is -2.22. The third kappa shape index (κ3) is 7.83. The number of benzene rings is 3. The van der Waals surface area contributed by atoms with Gasteiger partial charge in [0.1, 0.15) is 11.4 Å². The highest BCUT2D eigenvalue weighted by atomic mass is 16.6. The molecular weight excluding hydrogens is 536 g/mol. The van der Waals surface area contributed by atoms with Crippen molar-refractivity contribution in [3.8, 4) is 11.1 Å². The first-order valence-electron chi connectivity index (χ1n) is 15.7. The van der Waals surface area contributed by atoms with Gasteiger partial charge in [-0.2, -0.15) is 0 Å². The monoisotopic (exact) mass is 580 g/mol. The van der Waals surface area contributed by atoms with E-state index in [0.29, 0.717) is 12.1 Å². The normalized spacial score (nSPS) is 14.0. The molecule has 1 heterocycles. The number of unbranched alkanes of at least 4 members (excludes halogenated alkanes) is 1. The molecule has 2 amide bonds. The number of nitrogens with zero attached hydrogens (tertiary/aromatic N) is 2. The van der Waals surface area contributed by atoms with E-state index in [0.717, 1.165) is 71.3 Å². The van der Waals surface area contributed by atoms with E-state index in [4.69, 9.17) is 9.72 Å². The quantitative estimate of drug-likeness (QED) is 0.194. The number of aryl methyl sites for hydroxylation is 1. The first-order valence-corrected chi connectivity index (χ1v) is 15.7. The Morgan fingerprint density at radius 2 is 1.72 bits per heavy atom. The maximum Gasteiger partial charge on any atom is 0.339 e. The van der Waals surface area contributed by atoms with Crippen LogP contribution >= 0.6 is 0 Å². The highest BCUT2D eigenvalue weighted by Crippen LogP contribution is 2.28. The van der Waals surface area contributed by atoms with Crippen molar-refractivity contribution in [3.63, 3.8) is 0 Å². The molecule has 4 aromatic rings. The minimum atomic E-state index is -0.560. The number of esters is 1. The zero-order valence-electron chi connectivity index (χ0n) is 25.9. The van der Waals surface area contributed by atoms with Crippen LogP contribution in [-0.4, -0.2) is 33.2 Å². The van der Waals surface area contributed by atoms with E-state index in [1.54, 1.807) is 0 Å². The molecule has 0 unspecified atom stereocenters. The van der Waals surface area contributed by atoms with E-state index in [1.165, 1.54) is 19.3 Å². The fourth-order valence-electron chi connectivity index (χ4n) is 5.78. The number of nitrogens with one attached hydrogen (secondary N) is 2. The van der Waals surface area contributed by atoms with Crippen LogP contribution < -0.4 is 10.6 Å². The largest absolute Gasteiger partial charge is 0.456 e. The number of imidazole rings is 1. The summed E-state index contributed by atoms with van der Waals surface area (Å²) in [6.07, 6.45) is 8.74. The number of anilines is 1. The Morgan fingerprint density at radius 1 is 0.977 bits per heavy atom. The van der Waals surface area contributed by atoms with Crippen LogP contribution in [0, 0.1) is 0 Å².